The van der Waals surface area contributed by atoms with Gasteiger partial charge >= 0.3 is 5.97 Å². The molecule has 0 atom stereocenters. The summed E-state index contributed by atoms with van der Waals surface area (Å²) in [5.74, 6) is -0.288. The second-order valence-corrected chi connectivity index (χ2v) is 4.81. The molecule has 0 saturated carbocycles. The Labute approximate surface area is 114 Å². The molecule has 0 aliphatic rings. The van der Waals surface area contributed by atoms with Gasteiger partial charge in [-0.1, -0.05) is 30.3 Å². The van der Waals surface area contributed by atoms with Crippen molar-refractivity contribution in [1.82, 2.24) is 0 Å². The quantitative estimate of drug-likeness (QED) is 0.631. The fourth-order valence-corrected chi connectivity index (χ4v) is 1.75. The first-order valence-electron chi connectivity index (χ1n) is 5.22. The minimum atomic E-state index is -0.288. The van der Waals surface area contributed by atoms with Gasteiger partial charge in [-0.25, -0.2) is 4.79 Å². The number of esters is 1. The fraction of sp³-hybridized carbons (Fsp3) is 0.0714. The Hall–Kier alpha value is -1.36. The van der Waals surface area contributed by atoms with Crippen molar-refractivity contribution in [3.63, 3.8) is 0 Å². The van der Waals surface area contributed by atoms with Crippen LogP contribution in [0.15, 0.2) is 54.6 Å². The van der Waals surface area contributed by atoms with E-state index in [-0.39, 0.29) is 5.97 Å². The van der Waals surface area contributed by atoms with Crippen molar-refractivity contribution in [2.24, 2.45) is 0 Å². The summed E-state index contributed by atoms with van der Waals surface area (Å²) in [6.07, 6.45) is 0. The van der Waals surface area contributed by atoms with Gasteiger partial charge in [-0.05, 0) is 52.4 Å². The predicted octanol–water partition coefficient (Wildman–Crippen LogP) is 3.65. The van der Waals surface area contributed by atoms with E-state index in [0.717, 1.165) is 5.56 Å². The van der Waals surface area contributed by atoms with Gasteiger partial charge in [-0.15, -0.1) is 0 Å². The first kappa shape index (κ1) is 12.1. The van der Waals surface area contributed by atoms with Crippen LogP contribution in [0, 0.1) is 3.57 Å². The van der Waals surface area contributed by atoms with Crippen molar-refractivity contribution in [3.05, 3.63) is 69.3 Å². The van der Waals surface area contributed by atoms with Crippen molar-refractivity contribution in [3.8, 4) is 0 Å². The van der Waals surface area contributed by atoms with Gasteiger partial charge < -0.3 is 4.74 Å². The van der Waals surface area contributed by atoms with Gasteiger partial charge in [0.1, 0.15) is 6.61 Å². The van der Waals surface area contributed by atoms with E-state index in [1.165, 1.54) is 3.57 Å². The predicted molar refractivity (Wildman–Crippen MR) is 74.7 cm³/mol. The highest BCUT2D eigenvalue weighted by Crippen LogP contribution is 2.09. The molecule has 0 N–H and O–H groups in total. The summed E-state index contributed by atoms with van der Waals surface area (Å²) >= 11 is 2.24. The molecule has 0 heterocycles. The lowest BCUT2D eigenvalue weighted by atomic mass is 10.2. The summed E-state index contributed by atoms with van der Waals surface area (Å²) in [7, 11) is 0. The van der Waals surface area contributed by atoms with E-state index in [9.17, 15) is 4.79 Å². The molecule has 0 spiro atoms. The summed E-state index contributed by atoms with van der Waals surface area (Å²) in [6, 6.07) is 16.9. The summed E-state index contributed by atoms with van der Waals surface area (Å²) in [4.78, 5) is 11.7. The van der Waals surface area contributed by atoms with Crippen molar-refractivity contribution < 1.29 is 9.53 Å². The van der Waals surface area contributed by atoms with Crippen molar-refractivity contribution in [2.45, 2.75) is 6.61 Å². The minimum Gasteiger partial charge on any atom is -0.457 e. The second-order valence-electron chi connectivity index (χ2n) is 3.57. The number of hydrogen-bond acceptors (Lipinski definition) is 2. The zero-order chi connectivity index (χ0) is 12.1. The molecule has 0 amide bonds. The first-order valence-corrected chi connectivity index (χ1v) is 6.30. The standard InChI is InChI=1S/C14H11IO2/c15-13-8-6-11(7-9-13)10-17-14(16)12-4-2-1-3-5-12/h1-9H,10H2. The van der Waals surface area contributed by atoms with Crippen LogP contribution >= 0.6 is 22.6 Å². The number of halogens is 1. The second kappa shape index (κ2) is 5.82. The monoisotopic (exact) mass is 338 g/mol. The average molecular weight is 338 g/mol. The zero-order valence-electron chi connectivity index (χ0n) is 9.10. The number of carbonyl (C=O) groups excluding carboxylic acids is 1. The molecule has 0 unspecified atom stereocenters. The number of hydrogen-bond donors (Lipinski definition) is 0. The largest absolute Gasteiger partial charge is 0.457 e. The third-order valence-electron chi connectivity index (χ3n) is 2.29. The average Bonchev–Trinajstić information content (AvgIpc) is 2.39. The van der Waals surface area contributed by atoms with Gasteiger partial charge in [0, 0.05) is 3.57 Å². The highest BCUT2D eigenvalue weighted by molar-refractivity contribution is 14.1. The summed E-state index contributed by atoms with van der Waals surface area (Å²) in [5, 5.41) is 0. The van der Waals surface area contributed by atoms with E-state index in [2.05, 4.69) is 22.6 Å². The van der Waals surface area contributed by atoms with Crippen LogP contribution in [-0.2, 0) is 11.3 Å². The molecule has 2 aromatic carbocycles. The maximum Gasteiger partial charge on any atom is 0.338 e. The fourth-order valence-electron chi connectivity index (χ4n) is 1.39. The third-order valence-corrected chi connectivity index (χ3v) is 3.01. The molecular weight excluding hydrogens is 327 g/mol. The van der Waals surface area contributed by atoms with E-state index in [1.54, 1.807) is 12.1 Å². The summed E-state index contributed by atoms with van der Waals surface area (Å²) in [5.41, 5.74) is 1.58. The van der Waals surface area contributed by atoms with E-state index in [1.807, 2.05) is 42.5 Å². The topological polar surface area (TPSA) is 26.3 Å². The molecule has 0 aliphatic carbocycles. The molecule has 86 valence electrons. The number of carbonyl (C=O) groups is 1. The Morgan fingerprint density at radius 3 is 2.29 bits per heavy atom. The summed E-state index contributed by atoms with van der Waals surface area (Å²) in [6.45, 7) is 0.310. The van der Waals surface area contributed by atoms with Gasteiger partial charge in [-0.3, -0.25) is 0 Å². The van der Waals surface area contributed by atoms with Crippen LogP contribution in [0.1, 0.15) is 15.9 Å². The molecule has 0 radical (unpaired) electrons. The van der Waals surface area contributed by atoms with E-state index in [4.69, 9.17) is 4.74 Å². The lowest BCUT2D eigenvalue weighted by molar-refractivity contribution is 0.0472. The lowest BCUT2D eigenvalue weighted by Crippen LogP contribution is -2.04. The zero-order valence-corrected chi connectivity index (χ0v) is 11.3. The van der Waals surface area contributed by atoms with Crippen molar-refractivity contribution in [2.75, 3.05) is 0 Å². The van der Waals surface area contributed by atoms with Crippen LogP contribution in [0.25, 0.3) is 0 Å². The Morgan fingerprint density at radius 2 is 1.65 bits per heavy atom. The van der Waals surface area contributed by atoms with Crippen LogP contribution in [0.5, 0.6) is 0 Å². The molecule has 2 nitrogen and oxygen atoms in total. The van der Waals surface area contributed by atoms with Gasteiger partial charge in [0.2, 0.25) is 0 Å². The molecular formula is C14H11IO2. The van der Waals surface area contributed by atoms with Crippen LogP contribution in [-0.4, -0.2) is 5.97 Å². The maximum absolute atomic E-state index is 11.7. The first-order chi connectivity index (χ1) is 8.25. The van der Waals surface area contributed by atoms with Gasteiger partial charge in [0.05, 0.1) is 5.56 Å². The SMILES string of the molecule is O=C(OCc1ccc(I)cc1)c1ccccc1. The molecule has 0 aliphatic heterocycles. The Bertz CT molecular complexity index is 491. The Morgan fingerprint density at radius 1 is 1.00 bits per heavy atom. The summed E-state index contributed by atoms with van der Waals surface area (Å²) < 4.78 is 6.38. The van der Waals surface area contributed by atoms with Crippen molar-refractivity contribution in [1.29, 1.82) is 0 Å². The van der Waals surface area contributed by atoms with E-state index in [0.29, 0.717) is 12.2 Å². The Balaban J connectivity index is 1.95. The molecule has 3 heteroatoms. The van der Waals surface area contributed by atoms with Crippen LogP contribution in [0.2, 0.25) is 0 Å². The van der Waals surface area contributed by atoms with Crippen LogP contribution in [0.4, 0.5) is 0 Å². The van der Waals surface area contributed by atoms with Gasteiger partial charge in [-0.2, -0.15) is 0 Å². The number of rotatable bonds is 3. The van der Waals surface area contributed by atoms with Crippen LogP contribution < -0.4 is 0 Å². The molecule has 0 fully saturated rings. The van der Waals surface area contributed by atoms with Gasteiger partial charge in [0.25, 0.3) is 0 Å². The van der Waals surface area contributed by atoms with E-state index >= 15 is 0 Å². The smallest absolute Gasteiger partial charge is 0.338 e. The molecule has 17 heavy (non-hydrogen) atoms. The number of ether oxygens (including phenoxy) is 1. The Kier molecular flexibility index (Phi) is 4.14. The van der Waals surface area contributed by atoms with Gasteiger partial charge in [0.15, 0.2) is 0 Å². The molecule has 0 aromatic heterocycles. The number of benzene rings is 2. The molecule has 2 aromatic rings. The van der Waals surface area contributed by atoms with Crippen LogP contribution in [0.3, 0.4) is 0 Å². The minimum absolute atomic E-state index is 0.288. The third kappa shape index (κ3) is 3.56. The maximum atomic E-state index is 11.7. The molecule has 2 rings (SSSR count). The van der Waals surface area contributed by atoms with E-state index < -0.39 is 0 Å². The molecule has 0 saturated heterocycles. The molecule has 0 bridgehead atoms. The lowest BCUT2D eigenvalue weighted by Gasteiger charge is -2.04. The highest BCUT2D eigenvalue weighted by atomic mass is 127. The highest BCUT2D eigenvalue weighted by Gasteiger charge is 2.05. The normalized spacial score (nSPS) is 9.94. The van der Waals surface area contributed by atoms with Crippen molar-refractivity contribution >= 4 is 28.6 Å².